The van der Waals surface area contributed by atoms with Crippen LogP contribution in [0.4, 0.5) is 15.8 Å². The number of nitrogens with zero attached hydrogens (tertiary/aromatic N) is 3. The molecule has 0 saturated heterocycles. The Morgan fingerprint density at radius 3 is 2.68 bits per heavy atom. The van der Waals surface area contributed by atoms with Crippen LogP contribution in [0.2, 0.25) is 0 Å². The number of nitrogens with one attached hydrogen (secondary N) is 1. The summed E-state index contributed by atoms with van der Waals surface area (Å²) in [6.45, 7) is 4.56. The third-order valence-electron chi connectivity index (χ3n) is 3.22. The van der Waals surface area contributed by atoms with Crippen LogP contribution < -0.4 is 5.32 Å². The van der Waals surface area contributed by atoms with Crippen LogP contribution in [0.5, 0.6) is 0 Å². The molecule has 0 spiro atoms. The summed E-state index contributed by atoms with van der Waals surface area (Å²) in [7, 11) is 0. The van der Waals surface area contributed by atoms with Crippen molar-refractivity contribution in [3.05, 3.63) is 51.1 Å². The number of halogens is 1. The summed E-state index contributed by atoms with van der Waals surface area (Å²) < 4.78 is 14.8. The largest absolute Gasteiger partial charge is 0.322 e. The van der Waals surface area contributed by atoms with Gasteiger partial charge in [0.15, 0.2) is 0 Å². The number of benzene rings is 1. The Kier molecular flexibility index (Phi) is 4.20. The number of hydrogen-bond acceptors (Lipinski definition) is 4. The molecule has 1 amide bonds. The van der Waals surface area contributed by atoms with Gasteiger partial charge < -0.3 is 5.32 Å². The number of carbonyl (C=O) groups is 1. The maximum atomic E-state index is 13.6. The molecule has 8 heteroatoms. The first-order chi connectivity index (χ1) is 10.3. The molecule has 0 radical (unpaired) electrons. The standard InChI is InChI=1S/C14H15FN4O3/c1-8-4-5-11(15)12(6-8)16-13(20)7-18-10(3)14(19(21)22)9(2)17-18/h4-6H,7H2,1-3H3,(H,16,20). The Morgan fingerprint density at radius 2 is 2.09 bits per heavy atom. The van der Waals surface area contributed by atoms with E-state index >= 15 is 0 Å². The van der Waals surface area contributed by atoms with E-state index in [4.69, 9.17) is 0 Å². The lowest BCUT2D eigenvalue weighted by atomic mass is 10.2. The lowest BCUT2D eigenvalue weighted by Crippen LogP contribution is -2.21. The zero-order valence-corrected chi connectivity index (χ0v) is 12.4. The summed E-state index contributed by atoms with van der Waals surface area (Å²) in [4.78, 5) is 22.4. The Bertz CT molecular complexity index is 755. The highest BCUT2D eigenvalue weighted by Crippen LogP contribution is 2.22. The Labute approximate surface area is 125 Å². The third-order valence-corrected chi connectivity index (χ3v) is 3.22. The van der Waals surface area contributed by atoms with Gasteiger partial charge >= 0.3 is 5.69 Å². The molecule has 116 valence electrons. The first-order valence-electron chi connectivity index (χ1n) is 6.54. The maximum absolute atomic E-state index is 13.6. The van der Waals surface area contributed by atoms with Gasteiger partial charge in [-0.15, -0.1) is 0 Å². The summed E-state index contributed by atoms with van der Waals surface area (Å²) in [5.74, 6) is -1.05. The molecular formula is C14H15FN4O3. The Hall–Kier alpha value is -2.77. The molecule has 7 nitrogen and oxygen atoms in total. The molecule has 2 rings (SSSR count). The van der Waals surface area contributed by atoms with E-state index in [0.717, 1.165) is 5.56 Å². The number of rotatable bonds is 4. The Balaban J connectivity index is 2.18. The predicted octanol–water partition coefficient (Wildman–Crippen LogP) is 2.49. The van der Waals surface area contributed by atoms with Crippen LogP contribution in [-0.4, -0.2) is 20.6 Å². The first-order valence-corrected chi connectivity index (χ1v) is 6.54. The average molecular weight is 306 g/mol. The van der Waals surface area contributed by atoms with Gasteiger partial charge in [-0.3, -0.25) is 19.6 Å². The number of amides is 1. The molecule has 1 aromatic carbocycles. The SMILES string of the molecule is Cc1ccc(F)c(NC(=O)Cn2nc(C)c([N+](=O)[O-])c2C)c1. The quantitative estimate of drug-likeness (QED) is 0.694. The van der Waals surface area contributed by atoms with Gasteiger partial charge in [0, 0.05) is 0 Å². The number of aromatic nitrogens is 2. The van der Waals surface area contributed by atoms with Crippen molar-refractivity contribution in [2.24, 2.45) is 0 Å². The maximum Gasteiger partial charge on any atom is 0.312 e. The highest BCUT2D eigenvalue weighted by molar-refractivity contribution is 5.90. The molecule has 1 aromatic heterocycles. The fraction of sp³-hybridized carbons (Fsp3) is 0.286. The van der Waals surface area contributed by atoms with Crippen LogP contribution >= 0.6 is 0 Å². The van der Waals surface area contributed by atoms with Crippen LogP contribution in [0.3, 0.4) is 0 Å². The summed E-state index contributed by atoms with van der Waals surface area (Å²) in [5, 5.41) is 17.3. The second-order valence-electron chi connectivity index (χ2n) is 4.97. The van der Waals surface area contributed by atoms with E-state index in [1.165, 1.54) is 30.7 Å². The molecule has 0 unspecified atom stereocenters. The van der Waals surface area contributed by atoms with Crippen LogP contribution in [-0.2, 0) is 11.3 Å². The van der Waals surface area contributed by atoms with E-state index in [9.17, 15) is 19.3 Å². The molecule has 0 aliphatic rings. The molecule has 0 atom stereocenters. The van der Waals surface area contributed by atoms with Crippen LogP contribution in [0.15, 0.2) is 18.2 Å². The zero-order chi connectivity index (χ0) is 16.4. The van der Waals surface area contributed by atoms with E-state index < -0.39 is 16.6 Å². The monoisotopic (exact) mass is 306 g/mol. The molecule has 1 heterocycles. The van der Waals surface area contributed by atoms with Gasteiger partial charge in [-0.1, -0.05) is 6.07 Å². The van der Waals surface area contributed by atoms with Gasteiger partial charge in [0.25, 0.3) is 0 Å². The molecule has 2 aromatic rings. The minimum Gasteiger partial charge on any atom is -0.322 e. The van der Waals surface area contributed by atoms with Gasteiger partial charge in [0.05, 0.1) is 10.6 Å². The normalized spacial score (nSPS) is 10.5. The van der Waals surface area contributed by atoms with Crippen LogP contribution in [0.1, 0.15) is 17.0 Å². The first kappa shape index (κ1) is 15.6. The highest BCUT2D eigenvalue weighted by Gasteiger charge is 2.22. The number of nitro groups is 1. The fourth-order valence-electron chi connectivity index (χ4n) is 2.17. The summed E-state index contributed by atoms with van der Waals surface area (Å²) in [5.41, 5.74) is 1.27. The van der Waals surface area contributed by atoms with Crippen LogP contribution in [0, 0.1) is 36.7 Å². The van der Waals surface area contributed by atoms with Gasteiger partial charge in [0.1, 0.15) is 23.7 Å². The van der Waals surface area contributed by atoms with Gasteiger partial charge in [-0.2, -0.15) is 5.10 Å². The van der Waals surface area contributed by atoms with Gasteiger partial charge in [-0.05, 0) is 38.5 Å². The summed E-state index contributed by atoms with van der Waals surface area (Å²) in [6, 6.07) is 4.37. The fourth-order valence-corrected chi connectivity index (χ4v) is 2.17. The van der Waals surface area contributed by atoms with E-state index in [1.54, 1.807) is 13.0 Å². The topological polar surface area (TPSA) is 90.1 Å². The lowest BCUT2D eigenvalue weighted by Gasteiger charge is -2.08. The van der Waals surface area contributed by atoms with Crippen molar-refractivity contribution in [1.82, 2.24) is 9.78 Å². The molecule has 1 N–H and O–H groups in total. The van der Waals surface area contributed by atoms with E-state index in [1.807, 2.05) is 0 Å². The third kappa shape index (κ3) is 3.11. The van der Waals surface area contributed by atoms with Crippen molar-refractivity contribution in [2.75, 3.05) is 5.32 Å². The lowest BCUT2D eigenvalue weighted by molar-refractivity contribution is -0.386. The van der Waals surface area contributed by atoms with Crippen molar-refractivity contribution in [1.29, 1.82) is 0 Å². The molecule has 0 aliphatic carbocycles. The minimum atomic E-state index is -0.543. The number of anilines is 1. The molecule has 0 fully saturated rings. The van der Waals surface area contributed by atoms with Crippen molar-refractivity contribution < 1.29 is 14.1 Å². The van der Waals surface area contributed by atoms with E-state index in [0.29, 0.717) is 0 Å². The molecule has 0 bridgehead atoms. The molecule has 0 saturated carbocycles. The summed E-state index contributed by atoms with van der Waals surface area (Å²) >= 11 is 0. The number of hydrogen-bond donors (Lipinski definition) is 1. The van der Waals surface area contributed by atoms with Crippen molar-refractivity contribution in [2.45, 2.75) is 27.3 Å². The molecule has 0 aliphatic heterocycles. The smallest absolute Gasteiger partial charge is 0.312 e. The second kappa shape index (κ2) is 5.92. The zero-order valence-electron chi connectivity index (χ0n) is 12.4. The van der Waals surface area contributed by atoms with E-state index in [2.05, 4.69) is 10.4 Å². The van der Waals surface area contributed by atoms with Crippen molar-refractivity contribution >= 4 is 17.3 Å². The van der Waals surface area contributed by atoms with Crippen LogP contribution in [0.25, 0.3) is 0 Å². The molecular weight excluding hydrogens is 291 g/mol. The average Bonchev–Trinajstić information content (AvgIpc) is 2.68. The Morgan fingerprint density at radius 1 is 1.41 bits per heavy atom. The van der Waals surface area contributed by atoms with Gasteiger partial charge in [-0.25, -0.2) is 4.39 Å². The molecule has 22 heavy (non-hydrogen) atoms. The number of carbonyl (C=O) groups excluding carboxylic acids is 1. The highest BCUT2D eigenvalue weighted by atomic mass is 19.1. The van der Waals surface area contributed by atoms with Crippen molar-refractivity contribution in [3.8, 4) is 0 Å². The second-order valence-corrected chi connectivity index (χ2v) is 4.97. The van der Waals surface area contributed by atoms with E-state index in [-0.39, 0.29) is 29.3 Å². The summed E-state index contributed by atoms with van der Waals surface area (Å²) in [6.07, 6.45) is 0. The minimum absolute atomic E-state index is 0.0704. The van der Waals surface area contributed by atoms with Crippen molar-refractivity contribution in [3.63, 3.8) is 0 Å². The van der Waals surface area contributed by atoms with Gasteiger partial charge in [0.2, 0.25) is 5.91 Å². The predicted molar refractivity (Wildman–Crippen MR) is 78.1 cm³/mol. The number of aryl methyl sites for hydroxylation is 2.